The SMILES string of the molecule is CCCCO[P+]([O-])=C1C=CC=CC1=[P+]([O-])OCCCC. The Morgan fingerprint density at radius 1 is 0.850 bits per heavy atom. The van der Waals surface area contributed by atoms with Gasteiger partial charge in [-0.3, -0.25) is 0 Å². The summed E-state index contributed by atoms with van der Waals surface area (Å²) in [6.45, 7) is 4.99. The third-order valence-electron chi connectivity index (χ3n) is 2.69. The van der Waals surface area contributed by atoms with Crippen LogP contribution in [-0.4, -0.2) is 23.8 Å². The molecule has 0 aromatic heterocycles. The molecule has 0 bridgehead atoms. The Balaban J connectivity index is 2.80. The Morgan fingerprint density at radius 2 is 1.25 bits per heavy atom. The fraction of sp³-hybridized carbons (Fsp3) is 0.571. The van der Waals surface area contributed by atoms with Gasteiger partial charge in [0.15, 0.2) is 0 Å². The molecule has 1 aliphatic rings. The molecule has 0 saturated carbocycles. The first-order valence-electron chi connectivity index (χ1n) is 7.00. The van der Waals surface area contributed by atoms with Crippen molar-refractivity contribution in [2.75, 3.05) is 13.2 Å². The van der Waals surface area contributed by atoms with Gasteiger partial charge >= 0.3 is 0 Å². The summed E-state index contributed by atoms with van der Waals surface area (Å²) < 4.78 is 10.6. The van der Waals surface area contributed by atoms with Gasteiger partial charge in [-0.25, -0.2) is 0 Å². The van der Waals surface area contributed by atoms with Gasteiger partial charge in [0.25, 0.3) is 0 Å². The summed E-state index contributed by atoms with van der Waals surface area (Å²) in [7, 11) is -3.95. The van der Waals surface area contributed by atoms with Crippen LogP contribution in [0.25, 0.3) is 0 Å². The number of hydrogen-bond donors (Lipinski definition) is 0. The molecule has 20 heavy (non-hydrogen) atoms. The lowest BCUT2D eigenvalue weighted by Gasteiger charge is -2.06. The van der Waals surface area contributed by atoms with E-state index in [1.165, 1.54) is 0 Å². The van der Waals surface area contributed by atoms with Crippen molar-refractivity contribution in [2.24, 2.45) is 0 Å². The van der Waals surface area contributed by atoms with E-state index in [0.717, 1.165) is 25.7 Å². The first kappa shape index (κ1) is 17.7. The second kappa shape index (κ2) is 10.4. The molecule has 0 radical (unpaired) electrons. The maximum absolute atomic E-state index is 12.1. The van der Waals surface area contributed by atoms with Crippen LogP contribution in [0, 0.1) is 0 Å². The van der Waals surface area contributed by atoms with Gasteiger partial charge in [-0.2, -0.15) is 9.05 Å². The molecular weight excluding hydrogens is 294 g/mol. The fourth-order valence-electron chi connectivity index (χ4n) is 1.50. The lowest BCUT2D eigenvalue weighted by molar-refractivity contribution is -0.173. The highest BCUT2D eigenvalue weighted by Gasteiger charge is 2.24. The van der Waals surface area contributed by atoms with Crippen LogP contribution in [-0.2, 0) is 9.05 Å². The van der Waals surface area contributed by atoms with Crippen LogP contribution < -0.4 is 9.79 Å². The Bertz CT molecular complexity index is 385. The molecule has 2 unspecified atom stereocenters. The zero-order valence-corrected chi connectivity index (χ0v) is 13.9. The van der Waals surface area contributed by atoms with E-state index < -0.39 is 16.0 Å². The Labute approximate surface area is 123 Å². The van der Waals surface area contributed by atoms with Gasteiger partial charge in [-0.05, 0) is 25.0 Å². The molecule has 4 nitrogen and oxygen atoms in total. The van der Waals surface area contributed by atoms with E-state index in [-0.39, 0.29) is 0 Å². The quantitative estimate of drug-likeness (QED) is 0.509. The van der Waals surface area contributed by atoms with E-state index >= 15 is 0 Å². The van der Waals surface area contributed by atoms with Gasteiger partial charge < -0.3 is 9.79 Å². The summed E-state index contributed by atoms with van der Waals surface area (Å²) in [4.78, 5) is 24.2. The van der Waals surface area contributed by atoms with E-state index in [9.17, 15) is 9.79 Å². The third-order valence-corrected chi connectivity index (χ3v) is 5.27. The Kier molecular flexibility index (Phi) is 9.21. The van der Waals surface area contributed by atoms with Gasteiger partial charge in [0.1, 0.15) is 0 Å². The fourth-order valence-corrected chi connectivity index (χ4v) is 3.79. The van der Waals surface area contributed by atoms with Crippen molar-refractivity contribution in [2.45, 2.75) is 39.5 Å². The molecule has 0 heterocycles. The minimum Gasteiger partial charge on any atom is -0.602 e. The molecular formula is C14H22O4P2. The Morgan fingerprint density at radius 3 is 1.60 bits per heavy atom. The van der Waals surface area contributed by atoms with E-state index in [1.807, 2.05) is 13.8 Å². The van der Waals surface area contributed by atoms with Gasteiger partial charge in [-0.1, -0.05) is 38.8 Å². The number of rotatable bonds is 8. The molecule has 0 N–H and O–H groups in total. The van der Waals surface area contributed by atoms with Gasteiger partial charge in [0, 0.05) is 0 Å². The lowest BCUT2D eigenvalue weighted by Crippen LogP contribution is -2.17. The maximum atomic E-state index is 12.1. The molecule has 1 rings (SSSR count). The molecule has 0 amide bonds. The molecule has 0 spiro atoms. The van der Waals surface area contributed by atoms with Gasteiger partial charge in [0.2, 0.25) is 26.6 Å². The predicted molar refractivity (Wildman–Crippen MR) is 83.9 cm³/mol. The highest BCUT2D eigenvalue weighted by atomic mass is 31.1. The van der Waals surface area contributed by atoms with E-state index in [0.29, 0.717) is 23.8 Å². The molecule has 0 aliphatic heterocycles. The molecule has 0 aromatic carbocycles. The molecule has 1 aliphatic carbocycles. The van der Waals surface area contributed by atoms with Crippen LogP contribution >= 0.6 is 16.0 Å². The second-order valence-corrected chi connectivity index (χ2v) is 6.88. The normalized spacial score (nSPS) is 19.4. The van der Waals surface area contributed by atoms with E-state index in [4.69, 9.17) is 9.05 Å². The van der Waals surface area contributed by atoms with Crippen LogP contribution in [0.15, 0.2) is 24.3 Å². The summed E-state index contributed by atoms with van der Waals surface area (Å²) in [5.41, 5.74) is 0. The average molecular weight is 316 g/mol. The number of allylic oxidation sites excluding steroid dienone is 4. The molecule has 0 fully saturated rings. The summed E-state index contributed by atoms with van der Waals surface area (Å²) in [6.07, 6.45) is 10.6. The van der Waals surface area contributed by atoms with E-state index in [2.05, 4.69) is 0 Å². The number of unbranched alkanes of at least 4 members (excludes halogenated alkanes) is 2. The standard InChI is InChI=1S/C14H22O4P2/c1-3-5-11-17-19(15)13-9-7-8-10-14(13)20(16)18-12-6-4-2/h7-10H,3-6,11-12H2,1-2H3. The smallest absolute Gasteiger partial charge is 0.233 e. The second-order valence-electron chi connectivity index (χ2n) is 4.38. The van der Waals surface area contributed by atoms with Crippen molar-refractivity contribution in [3.63, 3.8) is 0 Å². The molecule has 112 valence electrons. The van der Waals surface area contributed by atoms with Crippen LogP contribution in [0.1, 0.15) is 39.5 Å². The first-order valence-corrected chi connectivity index (χ1v) is 9.35. The zero-order chi connectivity index (χ0) is 14.8. The Hall–Kier alpha value is -0.340. The van der Waals surface area contributed by atoms with Crippen LogP contribution in [0.3, 0.4) is 0 Å². The van der Waals surface area contributed by atoms with Crippen LogP contribution in [0.4, 0.5) is 0 Å². The maximum Gasteiger partial charge on any atom is 0.233 e. The lowest BCUT2D eigenvalue weighted by atomic mass is 10.2. The van der Waals surface area contributed by atoms with Crippen molar-refractivity contribution in [1.29, 1.82) is 0 Å². The first-order chi connectivity index (χ1) is 9.70. The zero-order valence-electron chi connectivity index (χ0n) is 12.1. The summed E-state index contributed by atoms with van der Waals surface area (Å²) >= 11 is 0. The molecule has 2 atom stereocenters. The third kappa shape index (κ3) is 5.97. The summed E-state index contributed by atoms with van der Waals surface area (Å²) in [5.74, 6) is 0. The summed E-state index contributed by atoms with van der Waals surface area (Å²) in [6, 6.07) is 0. The molecule has 0 saturated heterocycles. The molecule has 6 heteroatoms. The monoisotopic (exact) mass is 316 g/mol. The largest absolute Gasteiger partial charge is 0.602 e. The summed E-state index contributed by atoms with van der Waals surface area (Å²) in [5, 5.41) is 0.965. The predicted octanol–water partition coefficient (Wildman–Crippen LogP) is 2.44. The minimum absolute atomic E-state index is 0.452. The highest BCUT2D eigenvalue weighted by Crippen LogP contribution is 2.27. The van der Waals surface area contributed by atoms with Crippen LogP contribution in [0.5, 0.6) is 0 Å². The topological polar surface area (TPSA) is 64.6 Å². The average Bonchev–Trinajstić information content (AvgIpc) is 2.47. The van der Waals surface area contributed by atoms with E-state index in [1.54, 1.807) is 24.3 Å². The molecule has 0 aromatic rings. The number of hydrogen-bond acceptors (Lipinski definition) is 4. The van der Waals surface area contributed by atoms with Crippen molar-refractivity contribution in [3.05, 3.63) is 24.3 Å². The van der Waals surface area contributed by atoms with Crippen molar-refractivity contribution >= 4 is 26.6 Å². The van der Waals surface area contributed by atoms with Gasteiger partial charge in [0.05, 0.1) is 13.2 Å². The van der Waals surface area contributed by atoms with Crippen LogP contribution in [0.2, 0.25) is 0 Å². The highest BCUT2D eigenvalue weighted by molar-refractivity contribution is 7.59. The van der Waals surface area contributed by atoms with Crippen molar-refractivity contribution in [1.82, 2.24) is 0 Å². The van der Waals surface area contributed by atoms with Crippen molar-refractivity contribution in [3.8, 4) is 0 Å². The minimum atomic E-state index is -1.97. The van der Waals surface area contributed by atoms with Crippen molar-refractivity contribution < 1.29 is 18.8 Å². The van der Waals surface area contributed by atoms with Gasteiger partial charge in [-0.15, -0.1) is 0 Å².